The molecule has 3 heteroatoms. The number of nitrogens with zero attached hydrogens (tertiary/aromatic N) is 1. The molecule has 1 fully saturated rings. The summed E-state index contributed by atoms with van der Waals surface area (Å²) in [7, 11) is 2.20. The highest BCUT2D eigenvalue weighted by molar-refractivity contribution is 7.99. The Morgan fingerprint density at radius 3 is 2.93 bits per heavy atom. The van der Waals surface area contributed by atoms with Gasteiger partial charge in [0.05, 0.1) is 0 Å². The molecule has 0 bridgehead atoms. The maximum Gasteiger partial charge on any atom is 0.0359 e. The second-order valence-electron chi connectivity index (χ2n) is 4.13. The van der Waals surface area contributed by atoms with Gasteiger partial charge >= 0.3 is 0 Å². The number of benzene rings is 1. The van der Waals surface area contributed by atoms with Crippen LogP contribution in [0.25, 0.3) is 0 Å². The molecule has 82 valence electrons. The zero-order valence-electron chi connectivity index (χ0n) is 9.15. The zero-order chi connectivity index (χ0) is 10.7. The summed E-state index contributed by atoms with van der Waals surface area (Å²) in [4.78, 5) is 2.42. The fourth-order valence-corrected chi connectivity index (χ4v) is 3.24. The quantitative estimate of drug-likeness (QED) is 0.795. The summed E-state index contributed by atoms with van der Waals surface area (Å²) in [6.45, 7) is 0.970. The van der Waals surface area contributed by atoms with Crippen LogP contribution < -0.4 is 5.73 Å². The lowest BCUT2D eigenvalue weighted by molar-refractivity contribution is 0.255. The van der Waals surface area contributed by atoms with Crippen LogP contribution in [0, 0.1) is 0 Å². The maximum atomic E-state index is 5.94. The first-order valence-corrected chi connectivity index (χ1v) is 6.54. The highest BCUT2D eigenvalue weighted by atomic mass is 32.2. The monoisotopic (exact) mass is 222 g/mol. The molecule has 0 aromatic heterocycles. The number of nitrogens with two attached hydrogens (primary N) is 1. The first kappa shape index (κ1) is 10.8. The van der Waals surface area contributed by atoms with Crippen LogP contribution in [0.15, 0.2) is 24.3 Å². The molecular weight excluding hydrogens is 204 g/mol. The van der Waals surface area contributed by atoms with E-state index in [0.29, 0.717) is 0 Å². The molecular formula is C12H18N2S. The molecule has 2 N–H and O–H groups in total. The smallest absolute Gasteiger partial charge is 0.0359 e. The lowest BCUT2D eigenvalue weighted by Crippen LogP contribution is -2.31. The van der Waals surface area contributed by atoms with Crippen LogP contribution in [-0.4, -0.2) is 29.5 Å². The first-order chi connectivity index (χ1) is 7.27. The summed E-state index contributed by atoms with van der Waals surface area (Å²) < 4.78 is 0. The molecule has 1 saturated heterocycles. The van der Waals surface area contributed by atoms with E-state index in [4.69, 9.17) is 5.73 Å². The van der Waals surface area contributed by atoms with Crippen molar-refractivity contribution in [3.05, 3.63) is 29.8 Å². The molecule has 1 aliphatic heterocycles. The molecule has 15 heavy (non-hydrogen) atoms. The van der Waals surface area contributed by atoms with Gasteiger partial charge in [-0.05, 0) is 30.9 Å². The molecule has 2 rings (SSSR count). The van der Waals surface area contributed by atoms with Crippen LogP contribution >= 0.6 is 11.8 Å². The Bertz CT molecular complexity index is 321. The SMILES string of the molecule is CN(Cc1ccccc1N)C1CCSC1. The van der Waals surface area contributed by atoms with Gasteiger partial charge in [0.15, 0.2) is 0 Å². The van der Waals surface area contributed by atoms with Crippen LogP contribution in [0.5, 0.6) is 0 Å². The Kier molecular flexibility index (Phi) is 3.54. The molecule has 2 nitrogen and oxygen atoms in total. The Hall–Kier alpha value is -0.670. The predicted octanol–water partition coefficient (Wildman–Crippen LogP) is 2.21. The van der Waals surface area contributed by atoms with Crippen molar-refractivity contribution in [1.29, 1.82) is 0 Å². The van der Waals surface area contributed by atoms with Crippen molar-refractivity contribution in [2.45, 2.75) is 19.0 Å². The second kappa shape index (κ2) is 4.90. The Morgan fingerprint density at radius 2 is 2.27 bits per heavy atom. The minimum Gasteiger partial charge on any atom is -0.398 e. The van der Waals surface area contributed by atoms with Crippen LogP contribution in [0.3, 0.4) is 0 Å². The van der Waals surface area contributed by atoms with Crippen LogP contribution in [0.1, 0.15) is 12.0 Å². The molecule has 0 spiro atoms. The molecule has 1 aromatic carbocycles. The second-order valence-corrected chi connectivity index (χ2v) is 5.28. The molecule has 1 heterocycles. The van der Waals surface area contributed by atoms with Gasteiger partial charge in [-0.25, -0.2) is 0 Å². The molecule has 1 unspecified atom stereocenters. The average Bonchev–Trinajstić information content (AvgIpc) is 2.74. The number of nitrogen functional groups attached to an aromatic ring is 1. The summed E-state index contributed by atoms with van der Waals surface area (Å²) >= 11 is 2.05. The van der Waals surface area contributed by atoms with Crippen molar-refractivity contribution in [1.82, 2.24) is 4.90 Å². The van der Waals surface area contributed by atoms with Gasteiger partial charge in [0.25, 0.3) is 0 Å². The largest absolute Gasteiger partial charge is 0.398 e. The van der Waals surface area contributed by atoms with Gasteiger partial charge in [-0.15, -0.1) is 0 Å². The lowest BCUT2D eigenvalue weighted by atomic mass is 10.1. The minimum atomic E-state index is 0.731. The number of anilines is 1. The van der Waals surface area contributed by atoms with Gasteiger partial charge in [0.2, 0.25) is 0 Å². The third-order valence-electron chi connectivity index (χ3n) is 3.00. The van der Waals surface area contributed by atoms with Crippen molar-refractivity contribution in [2.75, 3.05) is 24.3 Å². The topological polar surface area (TPSA) is 29.3 Å². The van der Waals surface area contributed by atoms with Crippen LogP contribution in [-0.2, 0) is 6.54 Å². The summed E-state index contributed by atoms with van der Waals surface area (Å²) in [6.07, 6.45) is 1.31. The van der Waals surface area contributed by atoms with Crippen LogP contribution in [0.2, 0.25) is 0 Å². The van der Waals surface area contributed by atoms with Crippen molar-refractivity contribution in [3.63, 3.8) is 0 Å². The summed E-state index contributed by atoms with van der Waals surface area (Å²) in [5.41, 5.74) is 8.09. The van der Waals surface area contributed by atoms with E-state index in [1.54, 1.807) is 0 Å². The fourth-order valence-electron chi connectivity index (χ4n) is 1.95. The van der Waals surface area contributed by atoms with E-state index < -0.39 is 0 Å². The molecule has 1 aromatic rings. The minimum absolute atomic E-state index is 0.731. The molecule has 0 amide bonds. The molecule has 1 aliphatic rings. The van der Waals surface area contributed by atoms with Gasteiger partial charge < -0.3 is 5.73 Å². The van der Waals surface area contributed by atoms with E-state index in [2.05, 4.69) is 35.8 Å². The van der Waals surface area contributed by atoms with Gasteiger partial charge in [-0.1, -0.05) is 18.2 Å². The highest BCUT2D eigenvalue weighted by Gasteiger charge is 2.20. The Labute approximate surface area is 95.8 Å². The Balaban J connectivity index is 1.99. The maximum absolute atomic E-state index is 5.94. The Morgan fingerprint density at radius 1 is 1.47 bits per heavy atom. The van der Waals surface area contributed by atoms with E-state index in [1.807, 2.05) is 12.1 Å². The normalized spacial score (nSPS) is 21.1. The van der Waals surface area contributed by atoms with Crippen molar-refractivity contribution >= 4 is 17.4 Å². The zero-order valence-corrected chi connectivity index (χ0v) is 9.96. The standard InChI is InChI=1S/C12H18N2S/c1-14(11-6-7-15-9-11)8-10-4-2-3-5-12(10)13/h2-5,11H,6-9,13H2,1H3. The molecule has 0 aliphatic carbocycles. The number of hydrogen-bond donors (Lipinski definition) is 1. The lowest BCUT2D eigenvalue weighted by Gasteiger charge is -2.24. The fraction of sp³-hybridized carbons (Fsp3) is 0.500. The molecule has 0 radical (unpaired) electrons. The summed E-state index contributed by atoms with van der Waals surface area (Å²) in [5.74, 6) is 2.57. The predicted molar refractivity (Wildman–Crippen MR) is 68.1 cm³/mol. The van der Waals surface area contributed by atoms with E-state index >= 15 is 0 Å². The third kappa shape index (κ3) is 2.67. The number of para-hydroxylation sites is 1. The van der Waals surface area contributed by atoms with E-state index in [9.17, 15) is 0 Å². The van der Waals surface area contributed by atoms with Crippen molar-refractivity contribution in [2.24, 2.45) is 0 Å². The first-order valence-electron chi connectivity index (χ1n) is 5.39. The van der Waals surface area contributed by atoms with Crippen molar-refractivity contribution in [3.8, 4) is 0 Å². The molecule has 0 saturated carbocycles. The van der Waals surface area contributed by atoms with E-state index in [1.165, 1.54) is 23.5 Å². The van der Waals surface area contributed by atoms with Crippen LogP contribution in [0.4, 0.5) is 5.69 Å². The summed E-state index contributed by atoms with van der Waals surface area (Å²) in [6, 6.07) is 8.88. The third-order valence-corrected chi connectivity index (χ3v) is 4.15. The van der Waals surface area contributed by atoms with Crippen molar-refractivity contribution < 1.29 is 0 Å². The van der Waals surface area contributed by atoms with Gasteiger partial charge in [0, 0.05) is 24.0 Å². The molecule has 1 atom stereocenters. The summed E-state index contributed by atoms with van der Waals surface area (Å²) in [5, 5.41) is 0. The van der Waals surface area contributed by atoms with E-state index in [0.717, 1.165) is 18.3 Å². The van der Waals surface area contributed by atoms with E-state index in [-0.39, 0.29) is 0 Å². The number of thioether (sulfide) groups is 1. The number of rotatable bonds is 3. The van der Waals surface area contributed by atoms with Gasteiger partial charge in [0.1, 0.15) is 0 Å². The number of hydrogen-bond acceptors (Lipinski definition) is 3. The highest BCUT2D eigenvalue weighted by Crippen LogP contribution is 2.23. The van der Waals surface area contributed by atoms with Gasteiger partial charge in [-0.3, -0.25) is 4.90 Å². The van der Waals surface area contributed by atoms with Gasteiger partial charge in [-0.2, -0.15) is 11.8 Å². The average molecular weight is 222 g/mol.